The Morgan fingerprint density at radius 1 is 1.47 bits per heavy atom. The zero-order chi connectivity index (χ0) is 14.0. The predicted octanol–water partition coefficient (Wildman–Crippen LogP) is 2.06. The summed E-state index contributed by atoms with van der Waals surface area (Å²) in [6.45, 7) is 2.44. The number of carbonyl (C=O) groups excluding carboxylic acids is 1. The molecular weight excluding hydrogens is 268 g/mol. The van der Waals surface area contributed by atoms with Crippen LogP contribution >= 0.6 is 11.6 Å². The summed E-state index contributed by atoms with van der Waals surface area (Å²) < 4.78 is 0. The van der Waals surface area contributed by atoms with Crippen LogP contribution in [0.2, 0.25) is 5.02 Å². The highest BCUT2D eigenvalue weighted by atomic mass is 35.5. The molecular formula is C13H15ClN2O3. The number of aromatic nitrogens is 1. The molecule has 1 aromatic heterocycles. The van der Waals surface area contributed by atoms with Crippen LogP contribution in [0.4, 0.5) is 0 Å². The van der Waals surface area contributed by atoms with Gasteiger partial charge in [-0.05, 0) is 30.9 Å². The van der Waals surface area contributed by atoms with Crippen molar-refractivity contribution in [3.8, 4) is 0 Å². The van der Waals surface area contributed by atoms with Gasteiger partial charge in [0.25, 0.3) is 5.91 Å². The van der Waals surface area contributed by atoms with Crippen LogP contribution in [-0.4, -0.2) is 39.5 Å². The normalized spacial score (nSPS) is 23.2. The lowest BCUT2D eigenvalue weighted by atomic mass is 9.92. The highest BCUT2D eigenvalue weighted by Crippen LogP contribution is 2.24. The van der Waals surface area contributed by atoms with Crippen molar-refractivity contribution in [2.24, 2.45) is 5.92 Å². The van der Waals surface area contributed by atoms with Gasteiger partial charge in [0.05, 0.1) is 5.02 Å². The summed E-state index contributed by atoms with van der Waals surface area (Å²) in [4.78, 5) is 28.9. The Morgan fingerprint density at radius 3 is 2.79 bits per heavy atom. The van der Waals surface area contributed by atoms with Gasteiger partial charge in [0.1, 0.15) is 11.7 Å². The number of halogens is 1. The van der Waals surface area contributed by atoms with Gasteiger partial charge in [-0.15, -0.1) is 0 Å². The second kappa shape index (κ2) is 5.57. The van der Waals surface area contributed by atoms with Crippen molar-refractivity contribution in [3.63, 3.8) is 0 Å². The lowest BCUT2D eigenvalue weighted by Gasteiger charge is -2.35. The van der Waals surface area contributed by atoms with E-state index in [-0.39, 0.29) is 11.6 Å². The maximum absolute atomic E-state index is 12.3. The SMILES string of the molecule is CC1CCN(C(=O)c2ccc(Cl)cn2)C(C(=O)O)C1. The molecule has 102 valence electrons. The molecule has 2 heterocycles. The number of hydrogen-bond donors (Lipinski definition) is 1. The molecule has 0 radical (unpaired) electrons. The average Bonchev–Trinajstić information content (AvgIpc) is 2.38. The van der Waals surface area contributed by atoms with Gasteiger partial charge in [-0.3, -0.25) is 4.79 Å². The van der Waals surface area contributed by atoms with Gasteiger partial charge in [0.15, 0.2) is 0 Å². The van der Waals surface area contributed by atoms with E-state index < -0.39 is 12.0 Å². The van der Waals surface area contributed by atoms with Gasteiger partial charge in [-0.25, -0.2) is 9.78 Å². The largest absolute Gasteiger partial charge is 0.480 e. The van der Waals surface area contributed by atoms with Gasteiger partial charge in [0.2, 0.25) is 0 Å². The molecule has 1 aliphatic heterocycles. The molecule has 0 aliphatic carbocycles. The Balaban J connectivity index is 2.21. The first-order chi connectivity index (χ1) is 8.99. The topological polar surface area (TPSA) is 70.5 Å². The number of amides is 1. The van der Waals surface area contributed by atoms with Crippen LogP contribution in [0.5, 0.6) is 0 Å². The van der Waals surface area contributed by atoms with Crippen LogP contribution in [0, 0.1) is 5.92 Å². The van der Waals surface area contributed by atoms with Crippen molar-refractivity contribution in [1.82, 2.24) is 9.88 Å². The van der Waals surface area contributed by atoms with E-state index in [0.717, 1.165) is 6.42 Å². The summed E-state index contributed by atoms with van der Waals surface area (Å²) in [7, 11) is 0. The van der Waals surface area contributed by atoms with Crippen LogP contribution in [-0.2, 0) is 4.79 Å². The van der Waals surface area contributed by atoms with Crippen molar-refractivity contribution in [3.05, 3.63) is 29.0 Å². The van der Waals surface area contributed by atoms with Crippen molar-refractivity contribution in [1.29, 1.82) is 0 Å². The highest BCUT2D eigenvalue weighted by molar-refractivity contribution is 6.30. The minimum Gasteiger partial charge on any atom is -0.480 e. The van der Waals surface area contributed by atoms with Gasteiger partial charge >= 0.3 is 5.97 Å². The number of aliphatic carboxylic acids is 1. The molecule has 6 heteroatoms. The number of piperidine rings is 1. The van der Waals surface area contributed by atoms with Crippen molar-refractivity contribution < 1.29 is 14.7 Å². The maximum atomic E-state index is 12.3. The number of carboxylic acid groups (broad SMARTS) is 1. The lowest BCUT2D eigenvalue weighted by molar-refractivity contribution is -0.144. The van der Waals surface area contributed by atoms with Gasteiger partial charge in [0, 0.05) is 12.7 Å². The Labute approximate surface area is 116 Å². The van der Waals surface area contributed by atoms with Crippen molar-refractivity contribution in [2.75, 3.05) is 6.54 Å². The first kappa shape index (κ1) is 13.8. The quantitative estimate of drug-likeness (QED) is 0.901. The second-order valence-electron chi connectivity index (χ2n) is 4.84. The molecule has 5 nitrogen and oxygen atoms in total. The summed E-state index contributed by atoms with van der Waals surface area (Å²) in [6.07, 6.45) is 2.68. The number of nitrogens with zero attached hydrogens (tertiary/aromatic N) is 2. The highest BCUT2D eigenvalue weighted by Gasteiger charge is 2.35. The molecule has 1 aromatic rings. The zero-order valence-corrected chi connectivity index (χ0v) is 11.3. The van der Waals surface area contributed by atoms with E-state index in [2.05, 4.69) is 4.98 Å². The van der Waals surface area contributed by atoms with E-state index in [1.807, 2.05) is 6.92 Å². The summed E-state index contributed by atoms with van der Waals surface area (Å²) in [5.41, 5.74) is 0.227. The Bertz CT molecular complexity index is 489. The van der Waals surface area contributed by atoms with Crippen LogP contribution in [0.3, 0.4) is 0 Å². The molecule has 1 aliphatic rings. The summed E-state index contributed by atoms with van der Waals surface area (Å²) in [6, 6.07) is 2.32. The van der Waals surface area contributed by atoms with E-state index in [4.69, 9.17) is 11.6 Å². The van der Waals surface area contributed by atoms with Crippen LogP contribution in [0.1, 0.15) is 30.3 Å². The monoisotopic (exact) mass is 282 g/mol. The van der Waals surface area contributed by atoms with E-state index >= 15 is 0 Å². The van der Waals surface area contributed by atoms with Gasteiger partial charge in [-0.1, -0.05) is 18.5 Å². The molecule has 1 amide bonds. The Morgan fingerprint density at radius 2 is 2.21 bits per heavy atom. The number of rotatable bonds is 2. The zero-order valence-electron chi connectivity index (χ0n) is 10.5. The maximum Gasteiger partial charge on any atom is 0.326 e. The third-order valence-electron chi connectivity index (χ3n) is 3.36. The fourth-order valence-electron chi connectivity index (χ4n) is 2.27. The Hall–Kier alpha value is -1.62. The Kier molecular flexibility index (Phi) is 4.04. The van der Waals surface area contributed by atoms with Crippen LogP contribution in [0.25, 0.3) is 0 Å². The average molecular weight is 283 g/mol. The van der Waals surface area contributed by atoms with Crippen LogP contribution < -0.4 is 0 Å². The molecule has 19 heavy (non-hydrogen) atoms. The smallest absolute Gasteiger partial charge is 0.326 e. The predicted molar refractivity (Wildman–Crippen MR) is 70.1 cm³/mol. The van der Waals surface area contributed by atoms with E-state index in [9.17, 15) is 14.7 Å². The summed E-state index contributed by atoms with van der Waals surface area (Å²) in [5, 5.41) is 9.67. The molecule has 0 saturated carbocycles. The second-order valence-corrected chi connectivity index (χ2v) is 5.28. The standard InChI is InChI=1S/C13H15ClN2O3/c1-8-4-5-16(11(6-8)13(18)19)12(17)10-3-2-9(14)7-15-10/h2-3,7-8,11H,4-6H2,1H3,(H,18,19). The van der Waals surface area contributed by atoms with Crippen molar-refractivity contribution in [2.45, 2.75) is 25.8 Å². The molecule has 1 fully saturated rings. The summed E-state index contributed by atoms with van der Waals surface area (Å²) in [5.74, 6) is -1.01. The molecule has 2 rings (SSSR count). The van der Waals surface area contributed by atoms with E-state index in [1.54, 1.807) is 6.07 Å². The first-order valence-electron chi connectivity index (χ1n) is 6.14. The molecule has 2 unspecified atom stereocenters. The number of pyridine rings is 1. The molecule has 1 N–H and O–H groups in total. The van der Waals surface area contributed by atoms with Gasteiger partial charge < -0.3 is 10.0 Å². The minimum atomic E-state index is -0.964. The van der Waals surface area contributed by atoms with E-state index in [0.29, 0.717) is 23.9 Å². The number of carbonyl (C=O) groups is 2. The van der Waals surface area contributed by atoms with Gasteiger partial charge in [-0.2, -0.15) is 0 Å². The molecule has 1 saturated heterocycles. The number of likely N-dealkylation sites (tertiary alicyclic amines) is 1. The number of carboxylic acids is 1. The number of hydrogen-bond acceptors (Lipinski definition) is 3. The lowest BCUT2D eigenvalue weighted by Crippen LogP contribution is -2.50. The molecule has 2 atom stereocenters. The fourth-order valence-corrected chi connectivity index (χ4v) is 2.38. The minimum absolute atomic E-state index is 0.227. The molecule has 0 bridgehead atoms. The molecule has 0 aromatic carbocycles. The van der Waals surface area contributed by atoms with E-state index in [1.165, 1.54) is 17.2 Å². The summed E-state index contributed by atoms with van der Waals surface area (Å²) >= 11 is 5.72. The van der Waals surface area contributed by atoms with Crippen LogP contribution in [0.15, 0.2) is 18.3 Å². The fraction of sp³-hybridized carbons (Fsp3) is 0.462. The van der Waals surface area contributed by atoms with Crippen molar-refractivity contribution >= 4 is 23.5 Å². The first-order valence-corrected chi connectivity index (χ1v) is 6.52. The third-order valence-corrected chi connectivity index (χ3v) is 3.58. The molecule has 0 spiro atoms. The third kappa shape index (κ3) is 3.04.